The molecular formula is C11H11Cl3OS. The van der Waals surface area contributed by atoms with E-state index in [4.69, 9.17) is 39.5 Å². The topological polar surface area (TPSA) is 9.23 Å². The first-order chi connectivity index (χ1) is 7.54. The fourth-order valence-electron chi connectivity index (χ4n) is 1.24. The first-order valence-corrected chi connectivity index (χ1v) is 6.88. The Bertz CT molecular complexity index is 377. The Balaban J connectivity index is 2.80. The number of rotatable bonds is 4. The van der Waals surface area contributed by atoms with Gasteiger partial charge in [-0.3, -0.25) is 0 Å². The molecule has 0 saturated heterocycles. The Labute approximate surface area is 115 Å². The molecule has 88 valence electrons. The van der Waals surface area contributed by atoms with Crippen molar-refractivity contribution < 1.29 is 4.74 Å². The van der Waals surface area contributed by atoms with Crippen LogP contribution in [-0.2, 0) is 0 Å². The van der Waals surface area contributed by atoms with E-state index in [1.165, 1.54) is 0 Å². The van der Waals surface area contributed by atoms with E-state index in [2.05, 4.69) is 0 Å². The molecule has 0 amide bonds. The summed E-state index contributed by atoms with van der Waals surface area (Å²) in [5.41, 5.74) is 1.09. The minimum Gasteiger partial charge on any atom is -0.489 e. The number of ether oxygens (including phenoxy) is 1. The van der Waals surface area contributed by atoms with Gasteiger partial charge in [-0.05, 0) is 37.0 Å². The number of benzene rings is 1. The lowest BCUT2D eigenvalue weighted by Crippen LogP contribution is -1.94. The standard InChI is InChI=1S/C11H11Cl3OS/c1-7-5-8(15-4-3-10(13)14)6-9(12)11(7)16-2/h3,5-6H,4H2,1-2H3. The summed E-state index contributed by atoms with van der Waals surface area (Å²) in [6.07, 6.45) is 3.57. The van der Waals surface area contributed by atoms with Crippen LogP contribution in [0.25, 0.3) is 0 Å². The Morgan fingerprint density at radius 3 is 2.62 bits per heavy atom. The molecule has 1 nitrogen and oxygen atoms in total. The van der Waals surface area contributed by atoms with Crippen molar-refractivity contribution in [2.24, 2.45) is 0 Å². The molecule has 0 bridgehead atoms. The summed E-state index contributed by atoms with van der Waals surface area (Å²) in [6.45, 7) is 2.33. The first kappa shape index (κ1) is 14.0. The van der Waals surface area contributed by atoms with Gasteiger partial charge in [0.1, 0.15) is 16.8 Å². The average molecular weight is 298 g/mol. The van der Waals surface area contributed by atoms with Gasteiger partial charge in [0.2, 0.25) is 0 Å². The van der Waals surface area contributed by atoms with Crippen LogP contribution in [0, 0.1) is 6.92 Å². The summed E-state index contributed by atoms with van der Waals surface area (Å²) in [6, 6.07) is 3.73. The number of hydrogen-bond acceptors (Lipinski definition) is 2. The number of thioether (sulfide) groups is 1. The van der Waals surface area contributed by atoms with E-state index in [-0.39, 0.29) is 4.49 Å². The van der Waals surface area contributed by atoms with Crippen LogP contribution in [0.15, 0.2) is 27.6 Å². The maximum atomic E-state index is 6.11. The van der Waals surface area contributed by atoms with E-state index in [0.29, 0.717) is 17.4 Å². The summed E-state index contributed by atoms with van der Waals surface area (Å²) in [5.74, 6) is 0.714. The molecule has 0 heterocycles. The number of aryl methyl sites for hydroxylation is 1. The zero-order valence-electron chi connectivity index (χ0n) is 8.89. The Hall–Kier alpha value is -0.0200. The van der Waals surface area contributed by atoms with Crippen molar-refractivity contribution >= 4 is 46.6 Å². The normalized spacial score (nSPS) is 10.1. The third-order valence-electron chi connectivity index (χ3n) is 1.89. The van der Waals surface area contributed by atoms with Crippen LogP contribution in [0.1, 0.15) is 5.56 Å². The molecule has 0 N–H and O–H groups in total. The van der Waals surface area contributed by atoms with Crippen LogP contribution >= 0.6 is 46.6 Å². The molecule has 5 heteroatoms. The van der Waals surface area contributed by atoms with Crippen LogP contribution in [0.5, 0.6) is 5.75 Å². The largest absolute Gasteiger partial charge is 0.489 e. The lowest BCUT2D eigenvalue weighted by molar-refractivity contribution is 0.362. The summed E-state index contributed by atoms with van der Waals surface area (Å²) >= 11 is 18.7. The summed E-state index contributed by atoms with van der Waals surface area (Å²) in [7, 11) is 0. The lowest BCUT2D eigenvalue weighted by Gasteiger charge is -2.09. The van der Waals surface area contributed by atoms with Crippen LogP contribution in [0.4, 0.5) is 0 Å². The van der Waals surface area contributed by atoms with Gasteiger partial charge in [0.25, 0.3) is 0 Å². The van der Waals surface area contributed by atoms with Gasteiger partial charge in [0, 0.05) is 4.90 Å². The molecule has 1 rings (SSSR count). The van der Waals surface area contributed by atoms with Crippen LogP contribution in [-0.4, -0.2) is 12.9 Å². The highest BCUT2D eigenvalue weighted by molar-refractivity contribution is 7.98. The molecule has 0 radical (unpaired) electrons. The molecule has 0 atom stereocenters. The van der Waals surface area contributed by atoms with Gasteiger partial charge < -0.3 is 4.74 Å². The fourth-order valence-corrected chi connectivity index (χ4v) is 2.49. The minimum absolute atomic E-state index is 0.198. The van der Waals surface area contributed by atoms with Crippen molar-refractivity contribution in [1.82, 2.24) is 0 Å². The van der Waals surface area contributed by atoms with Crippen molar-refractivity contribution in [3.63, 3.8) is 0 Å². The molecule has 0 aliphatic carbocycles. The molecule has 1 aromatic rings. The second-order valence-electron chi connectivity index (χ2n) is 3.06. The number of halogens is 3. The van der Waals surface area contributed by atoms with Crippen LogP contribution in [0.2, 0.25) is 5.02 Å². The summed E-state index contributed by atoms with van der Waals surface area (Å²) in [4.78, 5) is 1.07. The third-order valence-corrected chi connectivity index (χ3v) is 3.56. The van der Waals surface area contributed by atoms with E-state index in [0.717, 1.165) is 10.5 Å². The van der Waals surface area contributed by atoms with Gasteiger partial charge in [-0.2, -0.15) is 0 Å². The fraction of sp³-hybridized carbons (Fsp3) is 0.273. The molecule has 0 unspecified atom stereocenters. The van der Waals surface area contributed by atoms with E-state index < -0.39 is 0 Å². The highest BCUT2D eigenvalue weighted by atomic mass is 35.5. The second kappa shape index (κ2) is 6.65. The molecule has 0 aliphatic heterocycles. The molecule has 0 spiro atoms. The van der Waals surface area contributed by atoms with Crippen molar-refractivity contribution in [1.29, 1.82) is 0 Å². The summed E-state index contributed by atoms with van der Waals surface area (Å²) < 4.78 is 5.64. The Morgan fingerprint density at radius 1 is 1.44 bits per heavy atom. The van der Waals surface area contributed by atoms with Gasteiger partial charge in [0.15, 0.2) is 0 Å². The summed E-state index contributed by atoms with van der Waals surface area (Å²) in [5, 5.41) is 0.698. The number of hydrogen-bond donors (Lipinski definition) is 0. The van der Waals surface area contributed by atoms with Crippen molar-refractivity contribution in [2.45, 2.75) is 11.8 Å². The molecule has 0 aromatic heterocycles. The van der Waals surface area contributed by atoms with Gasteiger partial charge in [-0.1, -0.05) is 34.8 Å². The van der Waals surface area contributed by atoms with Crippen molar-refractivity contribution in [2.75, 3.05) is 12.9 Å². The molecule has 16 heavy (non-hydrogen) atoms. The molecule has 1 aromatic carbocycles. The van der Waals surface area contributed by atoms with Crippen LogP contribution < -0.4 is 4.74 Å². The maximum absolute atomic E-state index is 6.11. The average Bonchev–Trinajstić information content (AvgIpc) is 2.16. The maximum Gasteiger partial charge on any atom is 0.121 e. The predicted octanol–water partition coefficient (Wildman–Crippen LogP) is 5.07. The van der Waals surface area contributed by atoms with Gasteiger partial charge >= 0.3 is 0 Å². The van der Waals surface area contributed by atoms with E-state index >= 15 is 0 Å². The van der Waals surface area contributed by atoms with Gasteiger partial charge in [-0.25, -0.2) is 0 Å². The highest BCUT2D eigenvalue weighted by Gasteiger charge is 2.05. The monoisotopic (exact) mass is 296 g/mol. The molecule has 0 aliphatic rings. The van der Waals surface area contributed by atoms with Crippen molar-refractivity contribution in [3.05, 3.63) is 33.3 Å². The zero-order valence-corrected chi connectivity index (χ0v) is 12.0. The van der Waals surface area contributed by atoms with Crippen molar-refractivity contribution in [3.8, 4) is 5.75 Å². The molecular weight excluding hydrogens is 287 g/mol. The highest BCUT2D eigenvalue weighted by Crippen LogP contribution is 2.32. The lowest BCUT2D eigenvalue weighted by atomic mass is 10.2. The third kappa shape index (κ3) is 4.10. The van der Waals surface area contributed by atoms with Gasteiger partial charge in [0.05, 0.1) is 5.02 Å². The zero-order chi connectivity index (χ0) is 12.1. The SMILES string of the molecule is CSc1c(C)cc(OCC=C(Cl)Cl)cc1Cl. The first-order valence-electron chi connectivity index (χ1n) is 4.52. The van der Waals surface area contributed by atoms with Gasteiger partial charge in [-0.15, -0.1) is 11.8 Å². The van der Waals surface area contributed by atoms with E-state index in [1.807, 2.05) is 19.2 Å². The van der Waals surface area contributed by atoms with E-state index in [1.54, 1.807) is 23.9 Å². The van der Waals surface area contributed by atoms with Crippen LogP contribution in [0.3, 0.4) is 0 Å². The molecule has 0 saturated carbocycles. The Kier molecular flexibility index (Phi) is 5.84. The molecule has 0 fully saturated rings. The van der Waals surface area contributed by atoms with E-state index in [9.17, 15) is 0 Å². The quantitative estimate of drug-likeness (QED) is 0.718. The second-order valence-corrected chi connectivity index (χ2v) is 5.29. The minimum atomic E-state index is 0.198. The predicted molar refractivity (Wildman–Crippen MR) is 73.3 cm³/mol. The Morgan fingerprint density at radius 2 is 2.12 bits per heavy atom. The smallest absolute Gasteiger partial charge is 0.121 e.